The van der Waals surface area contributed by atoms with E-state index in [0.29, 0.717) is 30.0 Å². The first-order valence-corrected chi connectivity index (χ1v) is 11.2. The molecule has 0 aliphatic carbocycles. The molecule has 0 bridgehead atoms. The Labute approximate surface area is 198 Å². The topological polar surface area (TPSA) is 61.9 Å². The smallest absolute Gasteiger partial charge is 0.254 e. The number of nitrogens with zero attached hydrogens (tertiary/aromatic N) is 2. The molecule has 1 saturated heterocycles. The number of ether oxygens (including phenoxy) is 1. The highest BCUT2D eigenvalue weighted by Gasteiger charge is 2.29. The van der Waals surface area contributed by atoms with Gasteiger partial charge >= 0.3 is 0 Å². The third kappa shape index (κ3) is 5.43. The Morgan fingerprint density at radius 1 is 1.00 bits per heavy atom. The Balaban J connectivity index is 1.46. The maximum absolute atomic E-state index is 13.3. The molecule has 1 atom stereocenters. The minimum atomic E-state index is -0.290. The van der Waals surface area contributed by atoms with E-state index in [9.17, 15) is 14.0 Å². The minimum Gasteiger partial charge on any atom is -0.489 e. The van der Waals surface area contributed by atoms with E-state index in [1.807, 2.05) is 30.1 Å². The molecule has 1 aliphatic heterocycles. The molecule has 3 aromatic carbocycles. The third-order valence-corrected chi connectivity index (χ3v) is 6.10. The fourth-order valence-corrected chi connectivity index (χ4v) is 4.10. The molecule has 1 fully saturated rings. The van der Waals surface area contributed by atoms with E-state index < -0.39 is 0 Å². The van der Waals surface area contributed by atoms with Gasteiger partial charge in [-0.25, -0.2) is 4.39 Å². The number of rotatable bonds is 6. The van der Waals surface area contributed by atoms with E-state index >= 15 is 0 Å². The second-order valence-corrected chi connectivity index (χ2v) is 8.40. The summed E-state index contributed by atoms with van der Waals surface area (Å²) in [4.78, 5) is 29.4. The van der Waals surface area contributed by atoms with Crippen molar-refractivity contribution in [3.63, 3.8) is 0 Å². The van der Waals surface area contributed by atoms with Crippen molar-refractivity contribution in [1.29, 1.82) is 0 Å². The maximum Gasteiger partial charge on any atom is 0.254 e. The molecule has 3 aromatic rings. The molecular weight excluding hydrogens is 433 g/mol. The van der Waals surface area contributed by atoms with E-state index in [2.05, 4.69) is 10.2 Å². The molecule has 0 aromatic heterocycles. The van der Waals surface area contributed by atoms with Gasteiger partial charge < -0.3 is 15.0 Å². The van der Waals surface area contributed by atoms with Crippen LogP contribution in [0.1, 0.15) is 37.9 Å². The van der Waals surface area contributed by atoms with Gasteiger partial charge in [0.25, 0.3) is 11.8 Å². The Morgan fingerprint density at radius 2 is 1.74 bits per heavy atom. The predicted octanol–water partition coefficient (Wildman–Crippen LogP) is 3.89. The Hall–Kier alpha value is -3.71. The molecule has 0 unspecified atom stereocenters. The zero-order chi connectivity index (χ0) is 24.1. The first-order valence-electron chi connectivity index (χ1n) is 11.2. The van der Waals surface area contributed by atoms with Crippen molar-refractivity contribution in [3.05, 3.63) is 101 Å². The summed E-state index contributed by atoms with van der Waals surface area (Å²) in [6, 6.07) is 20.8. The highest BCUT2D eigenvalue weighted by Crippen LogP contribution is 2.26. The van der Waals surface area contributed by atoms with Crippen molar-refractivity contribution >= 4 is 11.8 Å². The summed E-state index contributed by atoms with van der Waals surface area (Å²) in [7, 11) is 3.64. The number of hydrogen-bond donors (Lipinski definition) is 1. The lowest BCUT2D eigenvalue weighted by molar-refractivity contribution is 0.0545. The number of benzene rings is 3. The van der Waals surface area contributed by atoms with Crippen LogP contribution in [0.2, 0.25) is 0 Å². The number of nitrogens with one attached hydrogen (secondary N) is 1. The lowest BCUT2D eigenvalue weighted by Crippen LogP contribution is -2.49. The van der Waals surface area contributed by atoms with Crippen molar-refractivity contribution in [2.75, 3.05) is 33.7 Å². The zero-order valence-corrected chi connectivity index (χ0v) is 19.3. The molecular formula is C27H28FN3O3. The third-order valence-electron chi connectivity index (χ3n) is 6.10. The standard InChI is InChI=1S/C27H28FN3O3/c1-29-26(32)21-6-3-5-20(15-21)25-17-31(14-13-30(25)2)27(33)22-7-4-8-24(16-22)34-18-19-9-11-23(28)12-10-19/h3-12,15-16,25H,13-14,17-18H2,1-2H3,(H,29,32)/t25-/m1/s1. The normalized spacial score (nSPS) is 16.2. The average Bonchev–Trinajstić information content (AvgIpc) is 2.88. The maximum atomic E-state index is 13.3. The molecule has 0 spiro atoms. The quantitative estimate of drug-likeness (QED) is 0.605. The molecule has 176 valence electrons. The number of amides is 2. The summed E-state index contributed by atoms with van der Waals surface area (Å²) in [6.07, 6.45) is 0. The SMILES string of the molecule is CNC(=O)c1cccc([C@H]2CN(C(=O)c3cccc(OCc4ccc(F)cc4)c3)CCN2C)c1. The minimum absolute atomic E-state index is 0.0137. The van der Waals surface area contributed by atoms with Crippen LogP contribution in [0.4, 0.5) is 4.39 Å². The largest absolute Gasteiger partial charge is 0.489 e. The van der Waals surface area contributed by atoms with Gasteiger partial charge in [0.05, 0.1) is 6.04 Å². The van der Waals surface area contributed by atoms with Crippen LogP contribution in [0.5, 0.6) is 5.75 Å². The van der Waals surface area contributed by atoms with Gasteiger partial charge in [-0.2, -0.15) is 0 Å². The number of likely N-dealkylation sites (N-methyl/N-ethyl adjacent to an activating group) is 1. The van der Waals surface area contributed by atoms with Crippen molar-refractivity contribution < 1.29 is 18.7 Å². The van der Waals surface area contributed by atoms with Crippen LogP contribution in [-0.2, 0) is 6.61 Å². The van der Waals surface area contributed by atoms with E-state index in [1.54, 1.807) is 49.5 Å². The molecule has 1 N–H and O–H groups in total. The summed E-state index contributed by atoms with van der Waals surface area (Å²) in [5.41, 5.74) is 3.00. The first kappa shape index (κ1) is 23.4. The summed E-state index contributed by atoms with van der Waals surface area (Å²) in [5, 5.41) is 2.65. The van der Waals surface area contributed by atoms with Gasteiger partial charge in [0, 0.05) is 37.8 Å². The van der Waals surface area contributed by atoms with Crippen LogP contribution < -0.4 is 10.1 Å². The van der Waals surface area contributed by atoms with Crippen molar-refractivity contribution in [2.24, 2.45) is 0 Å². The zero-order valence-electron chi connectivity index (χ0n) is 19.3. The number of piperazine rings is 1. The fraction of sp³-hybridized carbons (Fsp3) is 0.259. The summed E-state index contributed by atoms with van der Waals surface area (Å²) < 4.78 is 18.9. The highest BCUT2D eigenvalue weighted by molar-refractivity contribution is 5.95. The molecule has 6 nitrogen and oxygen atoms in total. The van der Waals surface area contributed by atoms with E-state index in [-0.39, 0.29) is 30.3 Å². The number of halogens is 1. The van der Waals surface area contributed by atoms with Gasteiger partial charge in [0.2, 0.25) is 0 Å². The van der Waals surface area contributed by atoms with Gasteiger partial charge in [0.1, 0.15) is 18.2 Å². The second-order valence-electron chi connectivity index (χ2n) is 8.40. The predicted molar refractivity (Wildman–Crippen MR) is 128 cm³/mol. The molecule has 34 heavy (non-hydrogen) atoms. The van der Waals surface area contributed by atoms with Gasteiger partial charge in [-0.1, -0.05) is 30.3 Å². The van der Waals surface area contributed by atoms with Crippen molar-refractivity contribution in [3.8, 4) is 5.75 Å². The van der Waals surface area contributed by atoms with Crippen LogP contribution in [0.15, 0.2) is 72.8 Å². The summed E-state index contributed by atoms with van der Waals surface area (Å²) >= 11 is 0. The molecule has 0 saturated carbocycles. The monoisotopic (exact) mass is 461 g/mol. The summed E-state index contributed by atoms with van der Waals surface area (Å²) in [5.74, 6) is 0.0970. The Bertz CT molecular complexity index is 1170. The number of hydrogen-bond acceptors (Lipinski definition) is 4. The molecule has 2 amide bonds. The number of carbonyl (C=O) groups is 2. The van der Waals surface area contributed by atoms with E-state index in [0.717, 1.165) is 17.7 Å². The van der Waals surface area contributed by atoms with Gasteiger partial charge in [-0.15, -0.1) is 0 Å². The lowest BCUT2D eigenvalue weighted by Gasteiger charge is -2.40. The lowest BCUT2D eigenvalue weighted by atomic mass is 9.99. The molecule has 0 radical (unpaired) electrons. The van der Waals surface area contributed by atoms with E-state index in [4.69, 9.17) is 4.74 Å². The first-order chi connectivity index (χ1) is 16.4. The fourth-order valence-electron chi connectivity index (χ4n) is 4.10. The summed E-state index contributed by atoms with van der Waals surface area (Å²) in [6.45, 7) is 2.15. The van der Waals surface area contributed by atoms with Crippen LogP contribution in [0, 0.1) is 5.82 Å². The Morgan fingerprint density at radius 3 is 2.50 bits per heavy atom. The van der Waals surface area contributed by atoms with Crippen molar-refractivity contribution in [2.45, 2.75) is 12.6 Å². The Kier molecular flexibility index (Phi) is 7.23. The van der Waals surface area contributed by atoms with Crippen LogP contribution in [0.3, 0.4) is 0 Å². The molecule has 1 heterocycles. The van der Waals surface area contributed by atoms with Gasteiger partial charge in [-0.05, 0) is 60.6 Å². The van der Waals surface area contributed by atoms with Gasteiger partial charge in [0.15, 0.2) is 0 Å². The average molecular weight is 462 g/mol. The van der Waals surface area contributed by atoms with Crippen LogP contribution in [0.25, 0.3) is 0 Å². The van der Waals surface area contributed by atoms with Gasteiger partial charge in [-0.3, -0.25) is 14.5 Å². The van der Waals surface area contributed by atoms with Crippen molar-refractivity contribution in [1.82, 2.24) is 15.1 Å². The second kappa shape index (κ2) is 10.5. The molecule has 1 aliphatic rings. The van der Waals surface area contributed by atoms with E-state index in [1.165, 1.54) is 12.1 Å². The van der Waals surface area contributed by atoms with Crippen LogP contribution >= 0.6 is 0 Å². The molecule has 4 rings (SSSR count). The van der Waals surface area contributed by atoms with Crippen LogP contribution in [-0.4, -0.2) is 55.3 Å². The number of carbonyl (C=O) groups excluding carboxylic acids is 2. The highest BCUT2D eigenvalue weighted by atomic mass is 19.1. The molecule has 7 heteroatoms.